The van der Waals surface area contributed by atoms with Gasteiger partial charge >= 0.3 is 5.97 Å². The lowest BCUT2D eigenvalue weighted by atomic mass is 10.2. The zero-order valence-electron chi connectivity index (χ0n) is 12.9. The van der Waals surface area contributed by atoms with Crippen molar-refractivity contribution >= 4 is 11.7 Å². The van der Waals surface area contributed by atoms with Gasteiger partial charge < -0.3 is 9.47 Å². The van der Waals surface area contributed by atoms with E-state index in [0.29, 0.717) is 16.9 Å². The van der Waals surface area contributed by atoms with E-state index in [1.165, 1.54) is 6.07 Å². The number of ether oxygens (including phenoxy) is 2. The van der Waals surface area contributed by atoms with Crippen molar-refractivity contribution in [3.63, 3.8) is 0 Å². The summed E-state index contributed by atoms with van der Waals surface area (Å²) < 4.78 is 10.6. The number of nitro benzene ring substituents is 1. The van der Waals surface area contributed by atoms with Crippen LogP contribution in [-0.4, -0.2) is 17.0 Å². The van der Waals surface area contributed by atoms with Crippen LogP contribution in [0.4, 0.5) is 5.69 Å². The largest absolute Gasteiger partial charge is 0.489 e. The third-order valence-corrected chi connectivity index (χ3v) is 3.02. The minimum Gasteiger partial charge on any atom is -0.489 e. The van der Waals surface area contributed by atoms with Crippen LogP contribution >= 0.6 is 0 Å². The Hall–Kier alpha value is -2.89. The molecule has 0 aliphatic rings. The second-order valence-corrected chi connectivity index (χ2v) is 5.15. The summed E-state index contributed by atoms with van der Waals surface area (Å²) in [6.07, 6.45) is -0.183. The Bertz CT molecular complexity index is 694. The van der Waals surface area contributed by atoms with E-state index in [2.05, 4.69) is 0 Å². The second kappa shape index (κ2) is 7.40. The third kappa shape index (κ3) is 4.54. The lowest BCUT2D eigenvalue weighted by Gasteiger charge is -2.09. The molecule has 6 nitrogen and oxygen atoms in total. The molecule has 0 spiro atoms. The smallest absolute Gasteiger partial charge is 0.338 e. The first-order valence-electron chi connectivity index (χ1n) is 7.13. The minimum atomic E-state index is -0.441. The predicted octanol–water partition coefficient (Wildman–Crippen LogP) is 3.74. The Morgan fingerprint density at radius 1 is 1.13 bits per heavy atom. The number of carbonyl (C=O) groups excluding carboxylic acids is 1. The molecule has 0 N–H and O–H groups in total. The van der Waals surface area contributed by atoms with Crippen LogP contribution in [0, 0.1) is 10.1 Å². The number of rotatable bonds is 6. The lowest BCUT2D eigenvalue weighted by molar-refractivity contribution is -0.385. The molecule has 0 radical (unpaired) electrons. The normalized spacial score (nSPS) is 10.4. The molecule has 0 aliphatic heterocycles. The van der Waals surface area contributed by atoms with E-state index in [-0.39, 0.29) is 18.4 Å². The molecule has 0 saturated carbocycles. The monoisotopic (exact) mass is 315 g/mol. The number of nitro groups is 1. The summed E-state index contributed by atoms with van der Waals surface area (Å²) in [5, 5.41) is 10.9. The first-order chi connectivity index (χ1) is 11.0. The van der Waals surface area contributed by atoms with Crippen LogP contribution in [-0.2, 0) is 11.3 Å². The fraction of sp³-hybridized carbons (Fsp3) is 0.235. The number of hydrogen-bond acceptors (Lipinski definition) is 5. The van der Waals surface area contributed by atoms with Crippen molar-refractivity contribution in [2.24, 2.45) is 0 Å². The average Bonchev–Trinajstić information content (AvgIpc) is 2.53. The van der Waals surface area contributed by atoms with Crippen molar-refractivity contribution in [1.82, 2.24) is 0 Å². The van der Waals surface area contributed by atoms with Crippen LogP contribution < -0.4 is 4.74 Å². The molecule has 2 aromatic rings. The van der Waals surface area contributed by atoms with Gasteiger partial charge in [0, 0.05) is 6.07 Å². The molecule has 0 aromatic heterocycles. The van der Waals surface area contributed by atoms with Gasteiger partial charge in [-0.3, -0.25) is 10.1 Å². The van der Waals surface area contributed by atoms with Gasteiger partial charge in [0.05, 0.1) is 22.2 Å². The van der Waals surface area contributed by atoms with E-state index in [4.69, 9.17) is 9.47 Å². The maximum absolute atomic E-state index is 11.7. The van der Waals surface area contributed by atoms with Gasteiger partial charge in [-0.2, -0.15) is 0 Å². The van der Waals surface area contributed by atoms with Gasteiger partial charge in [-0.05, 0) is 44.2 Å². The summed E-state index contributed by atoms with van der Waals surface area (Å²) in [6.45, 7) is 3.64. The van der Waals surface area contributed by atoms with E-state index < -0.39 is 10.9 Å². The molecular weight excluding hydrogens is 298 g/mol. The molecule has 0 amide bonds. The molecule has 0 atom stereocenters. The van der Waals surface area contributed by atoms with Crippen LogP contribution in [0.2, 0.25) is 0 Å². The van der Waals surface area contributed by atoms with Crippen LogP contribution in [0.3, 0.4) is 0 Å². The van der Waals surface area contributed by atoms with Gasteiger partial charge in [-0.1, -0.05) is 12.1 Å². The van der Waals surface area contributed by atoms with E-state index in [0.717, 1.165) is 0 Å². The first-order valence-corrected chi connectivity index (χ1v) is 7.13. The van der Waals surface area contributed by atoms with Crippen LogP contribution in [0.15, 0.2) is 48.5 Å². The maximum Gasteiger partial charge on any atom is 0.338 e. The highest BCUT2D eigenvalue weighted by Crippen LogP contribution is 2.21. The summed E-state index contributed by atoms with van der Waals surface area (Å²) in [4.78, 5) is 22.2. The van der Waals surface area contributed by atoms with E-state index >= 15 is 0 Å². The van der Waals surface area contributed by atoms with Gasteiger partial charge in [-0.25, -0.2) is 4.79 Å². The minimum absolute atomic E-state index is 0.0182. The average molecular weight is 315 g/mol. The predicted molar refractivity (Wildman–Crippen MR) is 84.4 cm³/mol. The lowest BCUT2D eigenvalue weighted by Crippen LogP contribution is -2.11. The molecule has 6 heteroatoms. The first kappa shape index (κ1) is 16.5. The SMILES string of the molecule is CC(C)OC(=O)c1ccc(OCc2ccccc2[N+](=O)[O-])cc1. The highest BCUT2D eigenvalue weighted by molar-refractivity contribution is 5.89. The molecule has 0 aliphatic carbocycles. The van der Waals surface area contributed by atoms with Gasteiger partial charge in [0.25, 0.3) is 5.69 Å². The van der Waals surface area contributed by atoms with Crippen LogP contribution in [0.1, 0.15) is 29.8 Å². The van der Waals surface area contributed by atoms with Crippen molar-refractivity contribution in [1.29, 1.82) is 0 Å². The highest BCUT2D eigenvalue weighted by Gasteiger charge is 2.13. The van der Waals surface area contributed by atoms with Crippen molar-refractivity contribution < 1.29 is 19.2 Å². The van der Waals surface area contributed by atoms with Crippen molar-refractivity contribution in [3.8, 4) is 5.75 Å². The molecule has 0 bridgehead atoms. The number of benzene rings is 2. The highest BCUT2D eigenvalue weighted by atomic mass is 16.6. The van der Waals surface area contributed by atoms with Crippen LogP contribution in [0.25, 0.3) is 0 Å². The standard InChI is InChI=1S/C17H17NO5/c1-12(2)23-17(19)13-7-9-15(10-8-13)22-11-14-5-3-4-6-16(14)18(20)21/h3-10,12H,11H2,1-2H3. The second-order valence-electron chi connectivity index (χ2n) is 5.15. The van der Waals surface area contributed by atoms with Gasteiger partial charge in [0.1, 0.15) is 12.4 Å². The molecule has 23 heavy (non-hydrogen) atoms. The van der Waals surface area contributed by atoms with E-state index in [1.807, 2.05) is 0 Å². The maximum atomic E-state index is 11.7. The molecule has 0 heterocycles. The van der Waals surface area contributed by atoms with Crippen LogP contribution in [0.5, 0.6) is 5.75 Å². The molecule has 120 valence electrons. The Morgan fingerprint density at radius 3 is 2.39 bits per heavy atom. The van der Waals surface area contributed by atoms with Crippen molar-refractivity contribution in [2.45, 2.75) is 26.6 Å². The third-order valence-electron chi connectivity index (χ3n) is 3.02. The Kier molecular flexibility index (Phi) is 5.30. The summed E-state index contributed by atoms with van der Waals surface area (Å²) >= 11 is 0. The van der Waals surface area contributed by atoms with Crippen molar-refractivity contribution in [3.05, 3.63) is 69.8 Å². The number of para-hydroxylation sites is 1. The van der Waals surface area contributed by atoms with E-state index in [9.17, 15) is 14.9 Å². The molecule has 2 rings (SSSR count). The zero-order valence-corrected chi connectivity index (χ0v) is 12.9. The number of nitrogens with zero attached hydrogens (tertiary/aromatic N) is 1. The summed E-state index contributed by atoms with van der Waals surface area (Å²) in [6, 6.07) is 12.9. The molecule has 0 saturated heterocycles. The van der Waals surface area contributed by atoms with Gasteiger partial charge in [-0.15, -0.1) is 0 Å². The summed E-state index contributed by atoms with van der Waals surface area (Å²) in [7, 11) is 0. The topological polar surface area (TPSA) is 78.7 Å². The molecule has 2 aromatic carbocycles. The number of hydrogen-bond donors (Lipinski definition) is 0. The Balaban J connectivity index is 2.02. The zero-order chi connectivity index (χ0) is 16.8. The summed E-state index contributed by atoms with van der Waals surface area (Å²) in [5.74, 6) is 0.120. The Labute approximate surface area is 133 Å². The fourth-order valence-corrected chi connectivity index (χ4v) is 1.94. The number of esters is 1. The van der Waals surface area contributed by atoms with Gasteiger partial charge in [0.2, 0.25) is 0 Å². The summed E-state index contributed by atoms with van der Waals surface area (Å²) in [5.41, 5.74) is 0.933. The number of carbonyl (C=O) groups is 1. The molecule has 0 fully saturated rings. The quantitative estimate of drug-likeness (QED) is 0.461. The molecule has 0 unspecified atom stereocenters. The van der Waals surface area contributed by atoms with Gasteiger partial charge in [0.15, 0.2) is 0 Å². The fourth-order valence-electron chi connectivity index (χ4n) is 1.94. The van der Waals surface area contributed by atoms with E-state index in [1.54, 1.807) is 56.3 Å². The van der Waals surface area contributed by atoms with Crippen molar-refractivity contribution in [2.75, 3.05) is 0 Å². The molecular formula is C17H17NO5. The Morgan fingerprint density at radius 2 is 1.78 bits per heavy atom.